The number of halogens is 10. The second-order valence-corrected chi connectivity index (χ2v) is 35.5. The molecule has 0 atom stereocenters. The average molecular weight is 1900 g/mol. The van der Waals surface area contributed by atoms with Gasteiger partial charge >= 0.3 is 18.5 Å². The van der Waals surface area contributed by atoms with Gasteiger partial charge in [-0.1, -0.05) is 110 Å². The third kappa shape index (κ3) is 24.2. The minimum atomic E-state index is -4.44. The summed E-state index contributed by atoms with van der Waals surface area (Å²) in [4.78, 5) is 46.9. The molecule has 3 saturated heterocycles. The minimum absolute atomic E-state index is 0.132. The van der Waals surface area contributed by atoms with E-state index in [4.69, 9.17) is 64.2 Å². The van der Waals surface area contributed by atoms with Crippen LogP contribution in [0.2, 0.25) is 5.02 Å². The maximum atomic E-state index is 13.4. The first-order valence-electron chi connectivity index (χ1n) is 42.9. The number of ether oxygens (including phenoxy) is 9. The third-order valence-electron chi connectivity index (χ3n) is 23.3. The number of rotatable bonds is 29. The molecule has 6 aliphatic heterocycles. The summed E-state index contributed by atoms with van der Waals surface area (Å²) in [6.45, 7) is 21.6. The molecule has 3 fully saturated rings. The van der Waals surface area contributed by atoms with Gasteiger partial charge in [-0.15, -0.1) is 34.0 Å². The van der Waals surface area contributed by atoms with Crippen LogP contribution in [-0.4, -0.2) is 171 Å². The van der Waals surface area contributed by atoms with Crippen molar-refractivity contribution in [1.29, 1.82) is 0 Å². The molecule has 3 aromatic heterocycles. The zero-order valence-corrected chi connectivity index (χ0v) is 76.3. The Bertz CT molecular complexity index is 6060. The molecule has 9 heterocycles. The van der Waals surface area contributed by atoms with Crippen molar-refractivity contribution < 1.29 is 86.9 Å². The predicted octanol–water partition coefficient (Wildman–Crippen LogP) is 20.5. The summed E-state index contributed by atoms with van der Waals surface area (Å²) in [5.74, 6) is 6.34. The van der Waals surface area contributed by atoms with Crippen LogP contribution in [0.15, 0.2) is 223 Å². The van der Waals surface area contributed by atoms with Crippen LogP contribution >= 0.6 is 45.6 Å². The number of anilines is 3. The molecule has 0 bridgehead atoms. The fourth-order valence-corrected chi connectivity index (χ4v) is 19.1. The maximum Gasteiger partial charge on any atom is 0.416 e. The smallest absolute Gasteiger partial charge is 0.416 e. The highest BCUT2D eigenvalue weighted by atomic mass is 35.5. The van der Waals surface area contributed by atoms with Gasteiger partial charge in [0.05, 0.1) is 86.1 Å². The van der Waals surface area contributed by atoms with Crippen molar-refractivity contribution in [1.82, 2.24) is 44.4 Å². The number of methoxy groups -OCH3 is 3. The van der Waals surface area contributed by atoms with Gasteiger partial charge < -0.3 is 72.0 Å². The molecule has 0 radical (unpaired) electrons. The number of nitrogens with zero attached hydrogens (tertiary/aromatic N) is 12. The van der Waals surface area contributed by atoms with Crippen molar-refractivity contribution >= 4 is 80.0 Å². The summed E-state index contributed by atoms with van der Waals surface area (Å²) in [5, 5.41) is 9.04. The number of hydrogen-bond donors (Lipinski definition) is 0. The molecule has 0 N–H and O–H groups in total. The largest absolute Gasteiger partial charge is 0.497 e. The molecule has 0 saturated carbocycles. The fraction of sp³-hybridized carbons (Fsp3) is 0.306. The number of benzene rings is 9. The maximum absolute atomic E-state index is 13.4. The number of piperazine rings is 3. The Morgan fingerprint density at radius 1 is 0.376 bits per heavy atom. The number of amides is 1. The van der Waals surface area contributed by atoms with Crippen LogP contribution in [0, 0.1) is 0 Å². The summed E-state index contributed by atoms with van der Waals surface area (Å²) in [6, 6.07) is 55.2. The highest BCUT2D eigenvalue weighted by Crippen LogP contribution is 2.41. The summed E-state index contributed by atoms with van der Waals surface area (Å²) in [5.41, 5.74) is 9.39. The first-order chi connectivity index (χ1) is 64.2. The number of carbonyl (C=O) groups is 1. The quantitative estimate of drug-likeness (QED) is 0.0406. The zero-order valence-electron chi connectivity index (χ0n) is 73.0. The topological polar surface area (TPSA) is 168 Å². The lowest BCUT2D eigenvalue weighted by Crippen LogP contribution is -2.49. The molecule has 696 valence electrons. The van der Waals surface area contributed by atoms with Gasteiger partial charge in [-0.05, 0) is 131 Å². The molecule has 35 heteroatoms. The van der Waals surface area contributed by atoms with E-state index in [-0.39, 0.29) is 39.4 Å². The third-order valence-corrected chi connectivity index (χ3v) is 26.0. The van der Waals surface area contributed by atoms with Gasteiger partial charge in [0, 0.05) is 162 Å². The predicted molar refractivity (Wildman–Crippen MR) is 495 cm³/mol. The molecule has 22 nitrogen and oxygen atoms in total. The van der Waals surface area contributed by atoms with E-state index in [0.29, 0.717) is 160 Å². The van der Waals surface area contributed by atoms with Gasteiger partial charge in [0.1, 0.15) is 38.0 Å². The van der Waals surface area contributed by atoms with E-state index in [0.717, 1.165) is 133 Å². The van der Waals surface area contributed by atoms with Gasteiger partial charge in [0.25, 0.3) is 5.91 Å². The van der Waals surface area contributed by atoms with E-state index in [1.807, 2.05) is 117 Å². The Morgan fingerprint density at radius 3 is 1.20 bits per heavy atom. The molecule has 6 aliphatic rings. The average Bonchev–Trinajstić information content (AvgIpc) is 0.972. The molecule has 0 spiro atoms. The SMILES string of the molecule is C=C(c1csc(CN(Cc2ccc3c(c2)OCO3)Cc2ccc(OC)cc2OC)n1)N1CCN(c2cccc(Cl)c2)CC1.C=C(c1csc(CN(Cc2cccc(C(F)(F)F)c2)Cc2ccc3c(c2)OCO3)n1)N1CCN(c2cccc(C(F)(F)F)c2)CC1.COc1ccccc1N1CCN(C(=O)c2csc(CN(Cc3cccc(C(F)(F)F)c3)Cc3ccc4c(c3)OCO4)n2)CC1. The van der Waals surface area contributed by atoms with Crippen molar-refractivity contribution in [2.75, 3.05) is 135 Å². The van der Waals surface area contributed by atoms with Gasteiger partial charge in [0.15, 0.2) is 34.5 Å². The Morgan fingerprint density at radius 2 is 0.759 bits per heavy atom. The van der Waals surface area contributed by atoms with Crippen molar-refractivity contribution in [2.24, 2.45) is 0 Å². The lowest BCUT2D eigenvalue weighted by Gasteiger charge is -2.38. The van der Waals surface area contributed by atoms with Gasteiger partial charge in [0.2, 0.25) is 20.4 Å². The van der Waals surface area contributed by atoms with E-state index in [9.17, 15) is 44.3 Å². The zero-order chi connectivity index (χ0) is 92.9. The van der Waals surface area contributed by atoms with Crippen LogP contribution < -0.4 is 57.3 Å². The van der Waals surface area contributed by atoms with Crippen LogP contribution in [0.25, 0.3) is 11.4 Å². The molecule has 1 amide bonds. The van der Waals surface area contributed by atoms with Crippen LogP contribution in [0.5, 0.6) is 51.7 Å². The molecule has 0 aliphatic carbocycles. The van der Waals surface area contributed by atoms with Gasteiger partial charge in [-0.2, -0.15) is 39.5 Å². The molecule has 0 unspecified atom stereocenters. The number of aromatic nitrogens is 3. The normalized spacial score (nSPS) is 14.7. The van der Waals surface area contributed by atoms with Crippen LogP contribution in [-0.2, 0) is 77.4 Å². The number of hydrogen-bond acceptors (Lipinski definition) is 24. The molecule has 9 aromatic carbocycles. The van der Waals surface area contributed by atoms with Crippen molar-refractivity contribution in [3.8, 4) is 51.7 Å². The summed E-state index contributed by atoms with van der Waals surface area (Å²) in [6.07, 6.45) is -13.3. The van der Waals surface area contributed by atoms with Gasteiger partial charge in [-0.3, -0.25) is 19.5 Å². The molecule has 12 aromatic rings. The van der Waals surface area contributed by atoms with Crippen LogP contribution in [0.4, 0.5) is 56.6 Å². The first-order valence-corrected chi connectivity index (χ1v) is 45.9. The van der Waals surface area contributed by atoms with E-state index in [1.54, 1.807) is 61.1 Å². The standard InChI is InChI=1S/C33H35ClN4O4S.C33H30F6N4O2S.C32H31F3N4O4S/c1-23(37-11-13-38(14-12-37)27-6-4-5-26(34)16-27)29-21-43-33(35-29)20-36(18-24-7-10-30-32(15-24)42-22-41-30)19-25-8-9-28(39-2)17-31(25)40-3;1-22(42-10-12-43(13-11-42)27-7-3-6-26(16-27)33(37,38)39)28-20-46-31(40-28)19-41(17-23-4-2-5-25(14-23)32(34,35)36)18-24-8-9-29-30(15-24)45-21-44-29;1-41-27-8-3-2-7-26(27)38-11-13-39(14-12-38)31(40)25-20-44-30(36-25)19-37(17-22-5-4-6-24(15-22)32(33,34)35)18-23-9-10-28-29(16-23)43-21-42-28/h4-10,15-17,21H,1,11-14,18-20,22H2,2-3H3;2-9,14-16,20H,1,10-13,17-19,21H2;2-10,15-16,20H,11-14,17-19,21H2,1H3. The van der Waals surface area contributed by atoms with E-state index in [1.165, 1.54) is 59.1 Å². The lowest BCUT2D eigenvalue weighted by molar-refractivity contribution is -0.138. The molecule has 18 rings (SSSR count). The Hall–Kier alpha value is -12.4. The summed E-state index contributed by atoms with van der Waals surface area (Å²) in [7, 11) is 5.00. The van der Waals surface area contributed by atoms with Crippen molar-refractivity contribution in [3.05, 3.63) is 311 Å². The number of fused-ring (bicyclic) bond motifs is 3. The van der Waals surface area contributed by atoms with Crippen LogP contribution in [0.1, 0.15) is 87.0 Å². The summed E-state index contributed by atoms with van der Waals surface area (Å²) >= 11 is 10.7. The molecule has 133 heavy (non-hydrogen) atoms. The first kappa shape index (κ1) is 93.8. The monoisotopic (exact) mass is 1900 g/mol. The van der Waals surface area contributed by atoms with Crippen molar-refractivity contribution in [3.63, 3.8) is 0 Å². The lowest BCUT2D eigenvalue weighted by atomic mass is 10.1. The van der Waals surface area contributed by atoms with Crippen molar-refractivity contribution in [2.45, 2.75) is 77.4 Å². The van der Waals surface area contributed by atoms with Gasteiger partial charge in [-0.25, -0.2) is 15.0 Å². The summed E-state index contributed by atoms with van der Waals surface area (Å²) < 4.78 is 170. The number of alkyl halides is 9. The van der Waals surface area contributed by atoms with E-state index >= 15 is 0 Å². The molecular weight excluding hydrogens is 1810 g/mol. The molecular formula is C98H96ClF9N12O10S3. The second kappa shape index (κ2) is 42.2. The van der Waals surface area contributed by atoms with Crippen LogP contribution in [0.3, 0.4) is 0 Å². The number of para-hydroxylation sites is 2. The Kier molecular flexibility index (Phi) is 29.8. The fourth-order valence-electron chi connectivity index (χ4n) is 16.5. The number of thiazole rings is 3. The number of carbonyl (C=O) groups excluding carboxylic acids is 1. The minimum Gasteiger partial charge on any atom is -0.497 e. The Balaban J connectivity index is 0.000000145. The van der Waals surface area contributed by atoms with E-state index in [2.05, 4.69) is 72.3 Å². The highest BCUT2D eigenvalue weighted by molar-refractivity contribution is 7.10. The van der Waals surface area contributed by atoms with E-state index < -0.39 is 35.2 Å². The highest BCUT2D eigenvalue weighted by Gasteiger charge is 2.36. The Labute approximate surface area is 781 Å². The second-order valence-electron chi connectivity index (χ2n) is 32.3.